The van der Waals surface area contributed by atoms with E-state index in [2.05, 4.69) is 16.0 Å². The monoisotopic (exact) mass is 401 g/mol. The Morgan fingerprint density at radius 1 is 0.966 bits per heavy atom. The molecular formula is C21H27N3O5. The van der Waals surface area contributed by atoms with Gasteiger partial charge in [0.2, 0.25) is 11.8 Å². The van der Waals surface area contributed by atoms with Crippen LogP contribution in [0, 0.1) is 0 Å². The van der Waals surface area contributed by atoms with Crippen LogP contribution in [0.2, 0.25) is 0 Å². The third-order valence-corrected chi connectivity index (χ3v) is 3.73. The fourth-order valence-corrected chi connectivity index (χ4v) is 2.48. The van der Waals surface area contributed by atoms with Crippen molar-refractivity contribution in [1.82, 2.24) is 5.32 Å². The van der Waals surface area contributed by atoms with E-state index in [-0.39, 0.29) is 18.4 Å². The molecule has 2 amide bonds. The zero-order valence-corrected chi connectivity index (χ0v) is 16.6. The highest BCUT2D eigenvalue weighted by molar-refractivity contribution is 5.90. The van der Waals surface area contributed by atoms with Gasteiger partial charge in [-0.2, -0.15) is 0 Å². The zero-order chi connectivity index (χ0) is 21.1. The molecule has 0 spiro atoms. The predicted octanol–water partition coefficient (Wildman–Crippen LogP) is 2.01. The maximum Gasteiger partial charge on any atom is 0.221 e. The first-order valence-corrected chi connectivity index (χ1v) is 9.32. The molecule has 0 fully saturated rings. The lowest BCUT2D eigenvalue weighted by Crippen LogP contribution is -2.33. The van der Waals surface area contributed by atoms with Gasteiger partial charge < -0.3 is 30.5 Å². The molecule has 0 heterocycles. The van der Waals surface area contributed by atoms with Crippen LogP contribution in [0.15, 0.2) is 48.5 Å². The van der Waals surface area contributed by atoms with E-state index in [0.29, 0.717) is 42.6 Å². The van der Waals surface area contributed by atoms with E-state index < -0.39 is 6.10 Å². The Labute approximate surface area is 170 Å². The fourth-order valence-electron chi connectivity index (χ4n) is 2.48. The number of benzene rings is 2. The van der Waals surface area contributed by atoms with Gasteiger partial charge in [0.25, 0.3) is 0 Å². The largest absolute Gasteiger partial charge is 0.492 e. The van der Waals surface area contributed by atoms with Gasteiger partial charge in [-0.05, 0) is 36.4 Å². The molecule has 0 radical (unpaired) electrons. The summed E-state index contributed by atoms with van der Waals surface area (Å²) in [7, 11) is 0. The molecule has 1 atom stereocenters. The standard InChI is InChI=1S/C21H27N3O5/c1-15(25)23-17-7-9-19(10-8-17)28-12-11-22-13-18(27)14-29-21-6-4-3-5-20(21)24-16(2)26/h3-10,18,22,27H,11-14H2,1-2H3,(H,23,25)(H,24,26). The van der Waals surface area contributed by atoms with Crippen molar-refractivity contribution in [2.45, 2.75) is 20.0 Å². The summed E-state index contributed by atoms with van der Waals surface area (Å²) in [5.41, 5.74) is 1.28. The summed E-state index contributed by atoms with van der Waals surface area (Å²) < 4.78 is 11.2. The van der Waals surface area contributed by atoms with Gasteiger partial charge in [-0.25, -0.2) is 0 Å². The molecule has 2 rings (SSSR count). The molecule has 0 aliphatic carbocycles. The van der Waals surface area contributed by atoms with Gasteiger partial charge >= 0.3 is 0 Å². The highest BCUT2D eigenvalue weighted by atomic mass is 16.5. The molecule has 0 saturated heterocycles. The van der Waals surface area contributed by atoms with Crippen LogP contribution in [0.3, 0.4) is 0 Å². The zero-order valence-electron chi connectivity index (χ0n) is 16.6. The SMILES string of the molecule is CC(=O)Nc1ccc(OCCNCC(O)COc2ccccc2NC(C)=O)cc1. The Bertz CT molecular complexity index is 795. The molecule has 8 heteroatoms. The van der Waals surface area contributed by atoms with E-state index in [1.54, 1.807) is 48.5 Å². The van der Waals surface area contributed by atoms with Crippen molar-refractivity contribution < 1.29 is 24.2 Å². The number of anilines is 2. The molecule has 0 aliphatic rings. The van der Waals surface area contributed by atoms with Crippen LogP contribution in [0.1, 0.15) is 13.8 Å². The topological polar surface area (TPSA) is 109 Å². The number of para-hydroxylation sites is 2. The van der Waals surface area contributed by atoms with Crippen molar-refractivity contribution in [2.24, 2.45) is 0 Å². The Balaban J connectivity index is 1.63. The van der Waals surface area contributed by atoms with Crippen LogP contribution in [0.4, 0.5) is 11.4 Å². The summed E-state index contributed by atoms with van der Waals surface area (Å²) in [5, 5.41) is 18.5. The minimum absolute atomic E-state index is 0.0923. The third kappa shape index (κ3) is 8.63. The van der Waals surface area contributed by atoms with Crippen molar-refractivity contribution >= 4 is 23.2 Å². The number of nitrogens with one attached hydrogen (secondary N) is 3. The molecule has 0 aromatic heterocycles. The molecule has 29 heavy (non-hydrogen) atoms. The number of hydrogen-bond donors (Lipinski definition) is 4. The highest BCUT2D eigenvalue weighted by Gasteiger charge is 2.08. The lowest BCUT2D eigenvalue weighted by atomic mass is 10.3. The number of hydrogen-bond acceptors (Lipinski definition) is 6. The fraction of sp³-hybridized carbons (Fsp3) is 0.333. The van der Waals surface area contributed by atoms with Crippen molar-refractivity contribution in [2.75, 3.05) is 36.9 Å². The molecule has 4 N–H and O–H groups in total. The van der Waals surface area contributed by atoms with Crippen molar-refractivity contribution in [3.63, 3.8) is 0 Å². The molecule has 0 bridgehead atoms. The van der Waals surface area contributed by atoms with E-state index in [1.165, 1.54) is 13.8 Å². The lowest BCUT2D eigenvalue weighted by molar-refractivity contribution is -0.115. The number of amides is 2. The number of rotatable bonds is 11. The van der Waals surface area contributed by atoms with E-state index in [9.17, 15) is 14.7 Å². The predicted molar refractivity (Wildman–Crippen MR) is 111 cm³/mol. The lowest BCUT2D eigenvalue weighted by Gasteiger charge is -2.16. The maximum absolute atomic E-state index is 11.2. The Kier molecular flexibility index (Phi) is 8.94. The minimum Gasteiger partial charge on any atom is -0.492 e. The highest BCUT2D eigenvalue weighted by Crippen LogP contribution is 2.23. The molecule has 2 aromatic carbocycles. The van der Waals surface area contributed by atoms with Gasteiger partial charge in [0.05, 0.1) is 5.69 Å². The van der Waals surface area contributed by atoms with Gasteiger partial charge in [-0.1, -0.05) is 12.1 Å². The quantitative estimate of drug-likeness (QED) is 0.429. The van der Waals surface area contributed by atoms with Gasteiger partial charge in [0.15, 0.2) is 0 Å². The summed E-state index contributed by atoms with van der Waals surface area (Å²) in [6.07, 6.45) is -0.711. The normalized spacial score (nSPS) is 11.4. The second-order valence-corrected chi connectivity index (χ2v) is 6.40. The average Bonchev–Trinajstić information content (AvgIpc) is 2.67. The molecule has 2 aromatic rings. The Morgan fingerprint density at radius 2 is 1.66 bits per heavy atom. The van der Waals surface area contributed by atoms with Crippen LogP contribution >= 0.6 is 0 Å². The van der Waals surface area contributed by atoms with Gasteiger partial charge in [-0.3, -0.25) is 9.59 Å². The number of ether oxygens (including phenoxy) is 2. The summed E-state index contributed by atoms with van der Waals surface area (Å²) in [4.78, 5) is 22.2. The van der Waals surface area contributed by atoms with Gasteiger partial charge in [0.1, 0.15) is 30.8 Å². The molecule has 156 valence electrons. The molecule has 8 nitrogen and oxygen atoms in total. The van der Waals surface area contributed by atoms with Crippen molar-refractivity contribution in [3.05, 3.63) is 48.5 Å². The first kappa shape index (κ1) is 22.2. The van der Waals surface area contributed by atoms with E-state index in [4.69, 9.17) is 9.47 Å². The van der Waals surface area contributed by atoms with Gasteiger partial charge in [0, 0.05) is 32.6 Å². The number of carbonyl (C=O) groups excluding carboxylic acids is 2. The number of carbonyl (C=O) groups is 2. The summed E-state index contributed by atoms with van der Waals surface area (Å²) in [6.45, 7) is 4.29. The van der Waals surface area contributed by atoms with E-state index >= 15 is 0 Å². The van der Waals surface area contributed by atoms with Gasteiger partial charge in [-0.15, -0.1) is 0 Å². The van der Waals surface area contributed by atoms with Crippen LogP contribution in [-0.2, 0) is 9.59 Å². The first-order valence-electron chi connectivity index (χ1n) is 9.32. The first-order chi connectivity index (χ1) is 13.9. The summed E-state index contributed by atoms with van der Waals surface area (Å²) in [5.74, 6) is 0.893. The van der Waals surface area contributed by atoms with Crippen LogP contribution in [0.5, 0.6) is 11.5 Å². The van der Waals surface area contributed by atoms with E-state index in [0.717, 1.165) is 0 Å². The number of aliphatic hydroxyl groups excluding tert-OH is 1. The second kappa shape index (κ2) is 11.7. The Morgan fingerprint density at radius 3 is 2.34 bits per heavy atom. The molecule has 0 aliphatic heterocycles. The number of aliphatic hydroxyl groups is 1. The minimum atomic E-state index is -0.711. The van der Waals surface area contributed by atoms with Crippen molar-refractivity contribution in [1.29, 1.82) is 0 Å². The molecule has 1 unspecified atom stereocenters. The summed E-state index contributed by atoms with van der Waals surface area (Å²) >= 11 is 0. The van der Waals surface area contributed by atoms with Crippen molar-refractivity contribution in [3.8, 4) is 11.5 Å². The molecular weight excluding hydrogens is 374 g/mol. The Hall–Kier alpha value is -3.10. The smallest absolute Gasteiger partial charge is 0.221 e. The average molecular weight is 401 g/mol. The second-order valence-electron chi connectivity index (χ2n) is 6.40. The molecule has 0 saturated carbocycles. The third-order valence-electron chi connectivity index (χ3n) is 3.73. The maximum atomic E-state index is 11.2. The van der Waals surface area contributed by atoms with Crippen LogP contribution in [-0.4, -0.2) is 49.3 Å². The summed E-state index contributed by atoms with van der Waals surface area (Å²) in [6, 6.07) is 14.2. The van der Waals surface area contributed by atoms with Crippen LogP contribution < -0.4 is 25.4 Å². The van der Waals surface area contributed by atoms with E-state index in [1.807, 2.05) is 0 Å². The van der Waals surface area contributed by atoms with Crippen LogP contribution in [0.25, 0.3) is 0 Å².